The number of imidazole rings is 1. The van der Waals surface area contributed by atoms with Gasteiger partial charge in [-0.2, -0.15) is 5.10 Å². The van der Waals surface area contributed by atoms with Gasteiger partial charge in [-0.25, -0.2) is 4.98 Å². The monoisotopic (exact) mass is 282 g/mol. The third-order valence-electron chi connectivity index (χ3n) is 3.49. The number of rotatable bonds is 1. The summed E-state index contributed by atoms with van der Waals surface area (Å²) in [6.45, 7) is 0. The van der Waals surface area contributed by atoms with Gasteiger partial charge in [-0.05, 0) is 24.3 Å². The molecule has 2 aromatic heterocycles. The summed E-state index contributed by atoms with van der Waals surface area (Å²) in [5.41, 5.74) is 3.97. The van der Waals surface area contributed by atoms with Gasteiger partial charge in [0.05, 0.1) is 22.7 Å². The van der Waals surface area contributed by atoms with Crippen LogP contribution in [0.2, 0.25) is 5.02 Å². The molecular formula is C15H11ClN4. The highest BCUT2D eigenvalue weighted by Gasteiger charge is 2.11. The number of nitrogens with zero attached hydrogens (tertiary/aromatic N) is 3. The summed E-state index contributed by atoms with van der Waals surface area (Å²) in [5.74, 6) is 0.834. The number of hydrogen-bond acceptors (Lipinski definition) is 2. The van der Waals surface area contributed by atoms with E-state index >= 15 is 0 Å². The molecule has 1 N–H and O–H groups in total. The summed E-state index contributed by atoms with van der Waals surface area (Å²) in [5, 5.41) is 6.09. The summed E-state index contributed by atoms with van der Waals surface area (Å²) in [6, 6.07) is 11.8. The van der Waals surface area contributed by atoms with Crippen LogP contribution in [0.15, 0.2) is 42.6 Å². The minimum Gasteiger partial charge on any atom is -0.338 e. The molecule has 0 aliphatic carbocycles. The number of nitrogens with one attached hydrogen (secondary N) is 1. The predicted octanol–water partition coefficient (Wildman–Crippen LogP) is 3.77. The molecule has 98 valence electrons. The maximum Gasteiger partial charge on any atom is 0.139 e. The topological polar surface area (TPSA) is 46.5 Å². The van der Waals surface area contributed by atoms with E-state index in [1.165, 1.54) is 0 Å². The number of aryl methyl sites for hydroxylation is 1. The second-order valence-electron chi connectivity index (χ2n) is 4.75. The Bertz CT molecular complexity index is 936. The van der Waals surface area contributed by atoms with Gasteiger partial charge < -0.3 is 4.98 Å². The van der Waals surface area contributed by atoms with Gasteiger partial charge in [0.15, 0.2) is 0 Å². The third-order valence-corrected chi connectivity index (χ3v) is 3.73. The molecule has 2 aromatic carbocycles. The largest absolute Gasteiger partial charge is 0.338 e. The molecular weight excluding hydrogens is 272 g/mol. The standard InChI is InChI=1S/C15H11ClN4/c1-20-14-4-2-3-10(11(14)8-17-20)15-18-12-6-5-9(16)7-13(12)19-15/h2-8H,1H3,(H,18,19). The quantitative estimate of drug-likeness (QED) is 0.578. The zero-order valence-electron chi connectivity index (χ0n) is 10.8. The Hall–Kier alpha value is -2.33. The van der Waals surface area contributed by atoms with Crippen molar-refractivity contribution in [2.45, 2.75) is 0 Å². The summed E-state index contributed by atoms with van der Waals surface area (Å²) in [4.78, 5) is 7.95. The van der Waals surface area contributed by atoms with Crippen LogP contribution in [0.25, 0.3) is 33.3 Å². The molecule has 2 heterocycles. The molecule has 0 fully saturated rings. The fourth-order valence-corrected chi connectivity index (χ4v) is 2.67. The van der Waals surface area contributed by atoms with E-state index in [9.17, 15) is 0 Å². The number of fused-ring (bicyclic) bond motifs is 2. The summed E-state index contributed by atoms with van der Waals surface area (Å²) >= 11 is 6.01. The Morgan fingerprint density at radius 1 is 1.20 bits per heavy atom. The molecule has 0 saturated heterocycles. The number of hydrogen-bond donors (Lipinski definition) is 1. The van der Waals surface area contributed by atoms with E-state index < -0.39 is 0 Å². The molecule has 0 aliphatic heterocycles. The first-order chi connectivity index (χ1) is 9.72. The Morgan fingerprint density at radius 3 is 3.00 bits per heavy atom. The van der Waals surface area contributed by atoms with E-state index in [-0.39, 0.29) is 0 Å². The van der Waals surface area contributed by atoms with Crippen molar-refractivity contribution < 1.29 is 0 Å². The van der Waals surface area contributed by atoms with Crippen molar-refractivity contribution in [3.63, 3.8) is 0 Å². The maximum atomic E-state index is 6.01. The molecule has 0 aliphatic rings. The summed E-state index contributed by atoms with van der Waals surface area (Å²) < 4.78 is 1.86. The van der Waals surface area contributed by atoms with Gasteiger partial charge in [0.25, 0.3) is 0 Å². The van der Waals surface area contributed by atoms with Crippen LogP contribution >= 0.6 is 11.6 Å². The zero-order chi connectivity index (χ0) is 13.7. The van der Waals surface area contributed by atoms with E-state index in [1.54, 1.807) is 0 Å². The van der Waals surface area contributed by atoms with Crippen LogP contribution in [0, 0.1) is 0 Å². The fourth-order valence-electron chi connectivity index (χ4n) is 2.49. The summed E-state index contributed by atoms with van der Waals surface area (Å²) in [6.07, 6.45) is 1.87. The van der Waals surface area contributed by atoms with Gasteiger partial charge in [-0.3, -0.25) is 4.68 Å². The van der Waals surface area contributed by atoms with Crippen molar-refractivity contribution in [2.24, 2.45) is 7.05 Å². The molecule has 0 amide bonds. The molecule has 0 saturated carbocycles. The van der Waals surface area contributed by atoms with Crippen molar-refractivity contribution in [3.05, 3.63) is 47.6 Å². The number of halogens is 1. The second kappa shape index (κ2) is 4.08. The van der Waals surface area contributed by atoms with Gasteiger partial charge >= 0.3 is 0 Å². The van der Waals surface area contributed by atoms with E-state index in [2.05, 4.69) is 15.1 Å². The first-order valence-electron chi connectivity index (χ1n) is 6.29. The average molecular weight is 283 g/mol. The molecule has 20 heavy (non-hydrogen) atoms. The molecule has 0 spiro atoms. The second-order valence-corrected chi connectivity index (χ2v) is 5.19. The SMILES string of the molecule is Cn1ncc2c(-c3nc4ccc(Cl)cc4[nH]3)cccc21. The van der Waals surface area contributed by atoms with E-state index in [0.29, 0.717) is 5.02 Å². The number of aromatic amines is 1. The molecule has 0 radical (unpaired) electrons. The Labute approximate surface area is 120 Å². The summed E-state index contributed by atoms with van der Waals surface area (Å²) in [7, 11) is 1.94. The predicted molar refractivity (Wildman–Crippen MR) is 80.8 cm³/mol. The maximum absolute atomic E-state index is 6.01. The average Bonchev–Trinajstić information content (AvgIpc) is 3.02. The normalized spacial score (nSPS) is 11.5. The lowest BCUT2D eigenvalue weighted by molar-refractivity contribution is 0.797. The van der Waals surface area contributed by atoms with Crippen LogP contribution in [-0.4, -0.2) is 19.7 Å². The fraction of sp³-hybridized carbons (Fsp3) is 0.0667. The lowest BCUT2D eigenvalue weighted by Gasteiger charge is -1.99. The molecule has 5 heteroatoms. The van der Waals surface area contributed by atoms with Gasteiger partial charge in [0.2, 0.25) is 0 Å². The van der Waals surface area contributed by atoms with Crippen LogP contribution in [-0.2, 0) is 7.05 Å². The first-order valence-corrected chi connectivity index (χ1v) is 6.66. The van der Waals surface area contributed by atoms with E-state index in [1.807, 2.05) is 54.3 Å². The van der Waals surface area contributed by atoms with Gasteiger partial charge in [0.1, 0.15) is 5.82 Å². The van der Waals surface area contributed by atoms with Crippen LogP contribution in [0.1, 0.15) is 0 Å². The van der Waals surface area contributed by atoms with Crippen LogP contribution in [0.4, 0.5) is 0 Å². The zero-order valence-corrected chi connectivity index (χ0v) is 11.5. The molecule has 4 nitrogen and oxygen atoms in total. The van der Waals surface area contributed by atoms with Crippen molar-refractivity contribution in [1.29, 1.82) is 0 Å². The van der Waals surface area contributed by atoms with Crippen LogP contribution < -0.4 is 0 Å². The van der Waals surface area contributed by atoms with Gasteiger partial charge in [-0.1, -0.05) is 23.7 Å². The van der Waals surface area contributed by atoms with Crippen molar-refractivity contribution in [1.82, 2.24) is 19.7 Å². The van der Waals surface area contributed by atoms with E-state index in [4.69, 9.17) is 11.6 Å². The van der Waals surface area contributed by atoms with Crippen LogP contribution in [0.5, 0.6) is 0 Å². The molecule has 4 rings (SSSR count). The third kappa shape index (κ3) is 1.62. The van der Waals surface area contributed by atoms with Gasteiger partial charge in [-0.15, -0.1) is 0 Å². The highest BCUT2D eigenvalue weighted by molar-refractivity contribution is 6.31. The van der Waals surface area contributed by atoms with Crippen molar-refractivity contribution in [2.75, 3.05) is 0 Å². The lowest BCUT2D eigenvalue weighted by atomic mass is 10.1. The number of H-pyrrole nitrogens is 1. The van der Waals surface area contributed by atoms with Crippen molar-refractivity contribution >= 4 is 33.5 Å². The Kier molecular flexibility index (Phi) is 2.35. The lowest BCUT2D eigenvalue weighted by Crippen LogP contribution is -1.88. The first kappa shape index (κ1) is 11.5. The number of benzene rings is 2. The smallest absolute Gasteiger partial charge is 0.139 e. The molecule has 0 atom stereocenters. The Balaban J connectivity index is 2.01. The Morgan fingerprint density at radius 2 is 2.10 bits per heavy atom. The highest BCUT2D eigenvalue weighted by atomic mass is 35.5. The molecule has 0 unspecified atom stereocenters. The van der Waals surface area contributed by atoms with Crippen molar-refractivity contribution in [3.8, 4) is 11.4 Å². The van der Waals surface area contributed by atoms with Crippen LogP contribution in [0.3, 0.4) is 0 Å². The molecule has 0 bridgehead atoms. The minimum atomic E-state index is 0.701. The van der Waals surface area contributed by atoms with E-state index in [0.717, 1.165) is 33.3 Å². The highest BCUT2D eigenvalue weighted by Crippen LogP contribution is 2.28. The molecule has 4 aromatic rings. The number of aromatic nitrogens is 4. The van der Waals surface area contributed by atoms with Gasteiger partial charge in [0, 0.05) is 23.0 Å². The minimum absolute atomic E-state index is 0.701.